The summed E-state index contributed by atoms with van der Waals surface area (Å²) < 4.78 is 51.9. The molecule has 3 amide bonds. The van der Waals surface area contributed by atoms with E-state index in [1.807, 2.05) is 0 Å². The van der Waals surface area contributed by atoms with Crippen LogP contribution in [-0.4, -0.2) is 52.9 Å². The van der Waals surface area contributed by atoms with E-state index in [0.717, 1.165) is 11.0 Å². The number of hydrogen-bond acceptors (Lipinski definition) is 7. The SMILES string of the molecule is CCOC(=O)COc1ccc(N(C)C(=O)NC(=O)c2cnc3c(c2)c(C)nn3C)cc1C(F)(F)F. The van der Waals surface area contributed by atoms with E-state index < -0.39 is 42.0 Å². The van der Waals surface area contributed by atoms with Gasteiger partial charge in [0.05, 0.1) is 23.4 Å². The molecule has 0 saturated carbocycles. The number of pyridine rings is 1. The molecule has 3 aromatic rings. The number of amides is 3. The zero-order valence-corrected chi connectivity index (χ0v) is 19.3. The Kier molecular flexibility index (Phi) is 7.27. The molecule has 0 aliphatic carbocycles. The van der Waals surface area contributed by atoms with Gasteiger partial charge in [-0.25, -0.2) is 14.6 Å². The fraction of sp³-hybridized carbons (Fsp3) is 0.318. The highest BCUT2D eigenvalue weighted by molar-refractivity contribution is 6.09. The second-order valence-corrected chi connectivity index (χ2v) is 7.39. The lowest BCUT2D eigenvalue weighted by Gasteiger charge is -2.20. The molecule has 0 saturated heterocycles. The maximum absolute atomic E-state index is 13.6. The summed E-state index contributed by atoms with van der Waals surface area (Å²) >= 11 is 0. The van der Waals surface area contributed by atoms with Crippen LogP contribution in [0.4, 0.5) is 23.7 Å². The minimum absolute atomic E-state index is 0.0532. The number of benzene rings is 1. The first-order valence-electron chi connectivity index (χ1n) is 10.3. The maximum atomic E-state index is 13.6. The minimum Gasteiger partial charge on any atom is -0.481 e. The van der Waals surface area contributed by atoms with Crippen molar-refractivity contribution >= 4 is 34.6 Å². The summed E-state index contributed by atoms with van der Waals surface area (Å²) in [5, 5.41) is 6.95. The van der Waals surface area contributed by atoms with Gasteiger partial charge in [-0.3, -0.25) is 19.7 Å². The van der Waals surface area contributed by atoms with Crippen molar-refractivity contribution in [3.63, 3.8) is 0 Å². The van der Waals surface area contributed by atoms with E-state index in [9.17, 15) is 27.6 Å². The number of rotatable bonds is 6. The Morgan fingerprint density at radius 1 is 1.20 bits per heavy atom. The van der Waals surface area contributed by atoms with Crippen molar-refractivity contribution in [2.24, 2.45) is 7.05 Å². The number of nitrogens with one attached hydrogen (secondary N) is 1. The molecule has 0 radical (unpaired) electrons. The van der Waals surface area contributed by atoms with Crippen LogP contribution < -0.4 is 15.0 Å². The summed E-state index contributed by atoms with van der Waals surface area (Å²) in [5.41, 5.74) is -0.103. The topological polar surface area (TPSA) is 116 Å². The van der Waals surface area contributed by atoms with Gasteiger partial charge < -0.3 is 9.47 Å². The lowest BCUT2D eigenvalue weighted by Crippen LogP contribution is -2.41. The molecule has 0 fully saturated rings. The molecular weight excluding hydrogens is 471 g/mol. The van der Waals surface area contributed by atoms with Crippen LogP contribution in [0.15, 0.2) is 30.5 Å². The number of alkyl halides is 3. The number of aromatic nitrogens is 3. The Morgan fingerprint density at radius 3 is 2.57 bits per heavy atom. The Morgan fingerprint density at radius 2 is 1.91 bits per heavy atom. The number of fused-ring (bicyclic) bond motifs is 1. The number of esters is 1. The summed E-state index contributed by atoms with van der Waals surface area (Å²) in [6.45, 7) is 2.63. The average Bonchev–Trinajstić information content (AvgIpc) is 3.09. The van der Waals surface area contributed by atoms with Gasteiger partial charge in [0.2, 0.25) is 0 Å². The largest absolute Gasteiger partial charge is 0.481 e. The number of hydrogen-bond donors (Lipinski definition) is 1. The number of aryl methyl sites for hydroxylation is 2. The highest BCUT2D eigenvalue weighted by Crippen LogP contribution is 2.38. The van der Waals surface area contributed by atoms with Crippen LogP contribution in [0.5, 0.6) is 5.75 Å². The first kappa shape index (κ1) is 25.5. The van der Waals surface area contributed by atoms with Crippen LogP contribution in [-0.2, 0) is 22.8 Å². The third-order valence-electron chi connectivity index (χ3n) is 4.96. The molecule has 35 heavy (non-hydrogen) atoms. The summed E-state index contributed by atoms with van der Waals surface area (Å²) in [6, 6.07) is 3.40. The lowest BCUT2D eigenvalue weighted by molar-refractivity contribution is -0.147. The van der Waals surface area contributed by atoms with Gasteiger partial charge in [0.15, 0.2) is 12.3 Å². The van der Waals surface area contributed by atoms with Crippen molar-refractivity contribution in [3.05, 3.63) is 47.3 Å². The molecule has 2 aromatic heterocycles. The van der Waals surface area contributed by atoms with Crippen molar-refractivity contribution in [1.82, 2.24) is 20.1 Å². The summed E-state index contributed by atoms with van der Waals surface area (Å²) in [4.78, 5) is 41.6. The molecule has 0 spiro atoms. The molecule has 0 aliphatic rings. The maximum Gasteiger partial charge on any atom is 0.420 e. The number of ether oxygens (including phenoxy) is 2. The fourth-order valence-electron chi connectivity index (χ4n) is 3.22. The van der Waals surface area contributed by atoms with E-state index >= 15 is 0 Å². The van der Waals surface area contributed by atoms with Gasteiger partial charge in [0.1, 0.15) is 5.75 Å². The molecule has 2 heterocycles. The molecule has 1 N–H and O–H groups in total. The number of imide groups is 1. The first-order chi connectivity index (χ1) is 16.4. The highest BCUT2D eigenvalue weighted by Gasteiger charge is 2.35. The number of halogens is 3. The predicted molar refractivity (Wildman–Crippen MR) is 118 cm³/mol. The Labute approximate surface area is 197 Å². The standard InChI is InChI=1S/C22H22F3N5O5/c1-5-34-18(31)11-35-17-7-6-14(9-16(17)22(23,24)25)29(3)21(33)27-20(32)13-8-15-12(2)28-30(4)19(15)26-10-13/h6-10H,5,11H2,1-4H3,(H,27,32,33). The molecule has 13 heteroatoms. The van der Waals surface area contributed by atoms with Crippen LogP contribution in [0, 0.1) is 6.92 Å². The monoisotopic (exact) mass is 493 g/mol. The molecule has 0 bridgehead atoms. The Bertz CT molecular complexity index is 1290. The number of carbonyl (C=O) groups excluding carboxylic acids is 3. The Hall–Kier alpha value is -4.16. The van der Waals surface area contributed by atoms with Gasteiger partial charge in [0, 0.05) is 31.4 Å². The van der Waals surface area contributed by atoms with E-state index in [1.54, 1.807) is 25.6 Å². The van der Waals surface area contributed by atoms with Crippen LogP contribution in [0.25, 0.3) is 11.0 Å². The lowest BCUT2D eigenvalue weighted by atomic mass is 10.1. The molecule has 10 nitrogen and oxygen atoms in total. The molecule has 0 unspecified atom stereocenters. The first-order valence-corrected chi connectivity index (χ1v) is 10.3. The second kappa shape index (κ2) is 9.99. The molecule has 0 atom stereocenters. The van der Waals surface area contributed by atoms with E-state index in [4.69, 9.17) is 4.74 Å². The van der Waals surface area contributed by atoms with Gasteiger partial charge in [-0.1, -0.05) is 0 Å². The minimum atomic E-state index is -4.84. The van der Waals surface area contributed by atoms with E-state index in [2.05, 4.69) is 20.1 Å². The predicted octanol–water partition coefficient (Wildman–Crippen LogP) is 3.22. The summed E-state index contributed by atoms with van der Waals surface area (Å²) in [5.74, 6) is -2.22. The number of carbonyl (C=O) groups is 3. The molecule has 1 aromatic carbocycles. The average molecular weight is 493 g/mol. The summed E-state index contributed by atoms with van der Waals surface area (Å²) in [6.07, 6.45) is -3.57. The zero-order chi connectivity index (χ0) is 25.9. The van der Waals surface area contributed by atoms with Gasteiger partial charge in [-0.2, -0.15) is 18.3 Å². The van der Waals surface area contributed by atoms with Crippen molar-refractivity contribution < 1.29 is 37.0 Å². The van der Waals surface area contributed by atoms with Crippen LogP contribution in [0.1, 0.15) is 28.5 Å². The number of nitrogens with zero attached hydrogens (tertiary/aromatic N) is 4. The normalized spacial score (nSPS) is 11.3. The van der Waals surface area contributed by atoms with Crippen molar-refractivity contribution in [2.75, 3.05) is 25.2 Å². The van der Waals surface area contributed by atoms with E-state index in [1.165, 1.54) is 25.4 Å². The fourth-order valence-corrected chi connectivity index (χ4v) is 3.22. The number of anilines is 1. The van der Waals surface area contributed by atoms with Gasteiger partial charge in [-0.15, -0.1) is 0 Å². The molecule has 3 rings (SSSR count). The second-order valence-electron chi connectivity index (χ2n) is 7.39. The van der Waals surface area contributed by atoms with Gasteiger partial charge in [-0.05, 0) is 38.1 Å². The third kappa shape index (κ3) is 5.67. The Balaban J connectivity index is 1.78. The van der Waals surface area contributed by atoms with Crippen molar-refractivity contribution in [2.45, 2.75) is 20.0 Å². The van der Waals surface area contributed by atoms with Crippen molar-refractivity contribution in [3.8, 4) is 5.75 Å². The quantitative estimate of drug-likeness (QED) is 0.524. The highest BCUT2D eigenvalue weighted by atomic mass is 19.4. The smallest absolute Gasteiger partial charge is 0.420 e. The zero-order valence-electron chi connectivity index (χ0n) is 19.3. The van der Waals surface area contributed by atoms with Crippen LogP contribution in [0.2, 0.25) is 0 Å². The third-order valence-corrected chi connectivity index (χ3v) is 4.96. The summed E-state index contributed by atoms with van der Waals surface area (Å²) in [7, 11) is 2.90. The van der Waals surface area contributed by atoms with Crippen LogP contribution in [0.3, 0.4) is 0 Å². The molecular formula is C22H22F3N5O5. The van der Waals surface area contributed by atoms with Gasteiger partial charge >= 0.3 is 18.2 Å². The number of urea groups is 1. The molecule has 0 aliphatic heterocycles. The van der Waals surface area contributed by atoms with Crippen molar-refractivity contribution in [1.29, 1.82) is 0 Å². The van der Waals surface area contributed by atoms with Crippen LogP contribution >= 0.6 is 0 Å². The van der Waals surface area contributed by atoms with Gasteiger partial charge in [0.25, 0.3) is 5.91 Å². The van der Waals surface area contributed by atoms with E-state index in [-0.39, 0.29) is 17.9 Å². The molecule has 186 valence electrons. The van der Waals surface area contributed by atoms with E-state index in [0.29, 0.717) is 22.8 Å².